The first-order chi connectivity index (χ1) is 7.86. The average molecular weight is 223 g/mol. The van der Waals surface area contributed by atoms with E-state index in [9.17, 15) is 5.11 Å². The Hall–Kier alpha value is -1.33. The summed E-state index contributed by atoms with van der Waals surface area (Å²) in [5.74, 6) is 0.0280. The molecule has 5 heteroatoms. The third kappa shape index (κ3) is 3.08. The predicted octanol–water partition coefficient (Wildman–Crippen LogP) is 0.936. The topological polar surface area (TPSA) is 54.5 Å². The van der Waals surface area contributed by atoms with E-state index in [0.29, 0.717) is 12.4 Å². The lowest BCUT2D eigenvalue weighted by molar-refractivity contribution is 0.0320. The first-order valence-corrected chi connectivity index (χ1v) is 5.41. The van der Waals surface area contributed by atoms with Crippen molar-refractivity contribution in [1.29, 1.82) is 0 Å². The van der Waals surface area contributed by atoms with E-state index < -0.39 is 0 Å². The van der Waals surface area contributed by atoms with Crippen LogP contribution in [0.4, 0.5) is 0 Å². The maximum Gasteiger partial charge on any atom is 0.311 e. The van der Waals surface area contributed by atoms with Gasteiger partial charge in [0.1, 0.15) is 6.61 Å². The molecule has 0 amide bonds. The maximum absolute atomic E-state index is 11.2. The van der Waals surface area contributed by atoms with Gasteiger partial charge in [0, 0.05) is 25.8 Å². The average Bonchev–Trinajstić information content (AvgIpc) is 2.33. The van der Waals surface area contributed by atoms with E-state index in [1.54, 1.807) is 12.1 Å². The van der Waals surface area contributed by atoms with Crippen molar-refractivity contribution in [3.63, 3.8) is 0 Å². The van der Waals surface area contributed by atoms with E-state index in [2.05, 4.69) is 9.88 Å². The van der Waals surface area contributed by atoms with Crippen molar-refractivity contribution in [2.24, 2.45) is 0 Å². The molecular weight excluding hydrogens is 208 g/mol. The molecule has 1 saturated heterocycles. The lowest BCUT2D eigenvalue weighted by atomic mass is 10.4. The van der Waals surface area contributed by atoms with Gasteiger partial charge in [0.25, 0.3) is 0 Å². The van der Waals surface area contributed by atoms with E-state index in [1.165, 1.54) is 6.20 Å². The monoisotopic (exact) mass is 223 g/mol. The number of nitrogens with zero attached hydrogens (tertiary/aromatic N) is 2. The summed E-state index contributed by atoms with van der Waals surface area (Å²) in [5, 5.41) is 11.2. The number of pyridine rings is 1. The van der Waals surface area contributed by atoms with Crippen LogP contribution in [0.15, 0.2) is 18.3 Å². The van der Waals surface area contributed by atoms with Crippen LogP contribution in [-0.2, 0) is 9.84 Å². The summed E-state index contributed by atoms with van der Waals surface area (Å²) >= 11 is 0. The molecule has 2 heterocycles. The molecule has 1 aliphatic heterocycles. The molecule has 1 aromatic rings. The third-order valence-electron chi connectivity index (χ3n) is 2.51. The summed E-state index contributed by atoms with van der Waals surface area (Å²) in [6.07, 6.45) is 1.47. The van der Waals surface area contributed by atoms with E-state index in [4.69, 9.17) is 9.47 Å². The SMILES string of the molecule is [O]c1ncccc1OCCN1CCOCC1. The number of aromatic nitrogens is 1. The van der Waals surface area contributed by atoms with Gasteiger partial charge in [0.15, 0.2) is 5.75 Å². The molecule has 0 aliphatic carbocycles. The molecule has 0 saturated carbocycles. The number of morpholine rings is 1. The highest BCUT2D eigenvalue weighted by Gasteiger charge is 2.10. The van der Waals surface area contributed by atoms with Gasteiger partial charge in [-0.2, -0.15) is 0 Å². The van der Waals surface area contributed by atoms with E-state index in [0.717, 1.165) is 32.8 Å². The largest absolute Gasteiger partial charge is 0.486 e. The van der Waals surface area contributed by atoms with Gasteiger partial charge in [-0.15, -0.1) is 0 Å². The fourth-order valence-corrected chi connectivity index (χ4v) is 1.60. The molecule has 87 valence electrons. The van der Waals surface area contributed by atoms with Gasteiger partial charge in [-0.1, -0.05) is 0 Å². The van der Waals surface area contributed by atoms with Gasteiger partial charge in [-0.3, -0.25) is 10.0 Å². The molecule has 1 fully saturated rings. The number of ether oxygens (including phenoxy) is 2. The van der Waals surface area contributed by atoms with Crippen LogP contribution in [-0.4, -0.2) is 49.3 Å². The highest BCUT2D eigenvalue weighted by atomic mass is 16.5. The quantitative estimate of drug-likeness (QED) is 0.762. The first-order valence-electron chi connectivity index (χ1n) is 5.41. The van der Waals surface area contributed by atoms with Crippen LogP contribution >= 0.6 is 0 Å². The fourth-order valence-electron chi connectivity index (χ4n) is 1.60. The van der Waals surface area contributed by atoms with E-state index in [-0.39, 0.29) is 5.88 Å². The molecule has 0 aromatic carbocycles. The molecule has 16 heavy (non-hydrogen) atoms. The first kappa shape index (κ1) is 11.2. The molecule has 1 radical (unpaired) electrons. The van der Waals surface area contributed by atoms with Crippen molar-refractivity contribution < 1.29 is 14.6 Å². The molecule has 0 bridgehead atoms. The van der Waals surface area contributed by atoms with Gasteiger partial charge < -0.3 is 9.47 Å². The number of hydrogen-bond acceptors (Lipinski definition) is 4. The lowest BCUT2D eigenvalue weighted by Crippen LogP contribution is -2.38. The summed E-state index contributed by atoms with van der Waals surface area (Å²) in [4.78, 5) is 5.88. The molecular formula is C11H15N2O3. The zero-order valence-electron chi connectivity index (χ0n) is 9.09. The minimum atomic E-state index is -0.301. The molecule has 0 unspecified atom stereocenters. The second kappa shape index (κ2) is 5.67. The molecule has 1 aliphatic rings. The minimum Gasteiger partial charge on any atom is -0.486 e. The molecule has 0 atom stereocenters. The summed E-state index contributed by atoms with van der Waals surface area (Å²) in [6, 6.07) is 3.35. The van der Waals surface area contributed by atoms with Gasteiger partial charge >= 0.3 is 5.88 Å². The molecule has 0 N–H and O–H groups in total. The molecule has 5 nitrogen and oxygen atoms in total. The lowest BCUT2D eigenvalue weighted by Gasteiger charge is -2.26. The van der Waals surface area contributed by atoms with Crippen LogP contribution in [0.2, 0.25) is 0 Å². The van der Waals surface area contributed by atoms with Crippen molar-refractivity contribution in [3.8, 4) is 11.6 Å². The maximum atomic E-state index is 11.2. The second-order valence-electron chi connectivity index (χ2n) is 3.61. The Morgan fingerprint density at radius 2 is 2.25 bits per heavy atom. The molecule has 0 spiro atoms. The van der Waals surface area contributed by atoms with Gasteiger partial charge in [0.2, 0.25) is 0 Å². The van der Waals surface area contributed by atoms with Crippen molar-refractivity contribution >= 4 is 0 Å². The fraction of sp³-hybridized carbons (Fsp3) is 0.545. The highest BCUT2D eigenvalue weighted by molar-refractivity contribution is 5.30. The highest BCUT2D eigenvalue weighted by Crippen LogP contribution is 2.21. The smallest absolute Gasteiger partial charge is 0.311 e. The van der Waals surface area contributed by atoms with Gasteiger partial charge in [-0.05, 0) is 12.1 Å². The summed E-state index contributed by atoms with van der Waals surface area (Å²) in [5.41, 5.74) is 0. The van der Waals surface area contributed by atoms with Crippen LogP contribution in [0, 0.1) is 0 Å². The van der Waals surface area contributed by atoms with Crippen molar-refractivity contribution in [3.05, 3.63) is 18.3 Å². The number of rotatable bonds is 4. The Morgan fingerprint density at radius 1 is 1.44 bits per heavy atom. The summed E-state index contributed by atoms with van der Waals surface area (Å²) in [6.45, 7) is 4.75. The Bertz CT molecular complexity index is 327. The third-order valence-corrected chi connectivity index (χ3v) is 2.51. The van der Waals surface area contributed by atoms with Crippen molar-refractivity contribution in [2.75, 3.05) is 39.5 Å². The predicted molar refractivity (Wildman–Crippen MR) is 57.1 cm³/mol. The Kier molecular flexibility index (Phi) is 3.96. The summed E-state index contributed by atoms with van der Waals surface area (Å²) in [7, 11) is 0. The van der Waals surface area contributed by atoms with Crippen molar-refractivity contribution in [1.82, 2.24) is 9.88 Å². The normalized spacial score (nSPS) is 17.2. The van der Waals surface area contributed by atoms with Gasteiger partial charge in [-0.25, -0.2) is 4.98 Å². The molecule has 1 aromatic heterocycles. The second-order valence-corrected chi connectivity index (χ2v) is 3.61. The zero-order chi connectivity index (χ0) is 11.2. The Morgan fingerprint density at radius 3 is 3.00 bits per heavy atom. The van der Waals surface area contributed by atoms with Crippen LogP contribution in [0.25, 0.3) is 0 Å². The van der Waals surface area contributed by atoms with Crippen LogP contribution in [0.3, 0.4) is 0 Å². The zero-order valence-corrected chi connectivity index (χ0v) is 9.09. The van der Waals surface area contributed by atoms with Crippen LogP contribution in [0.5, 0.6) is 11.6 Å². The van der Waals surface area contributed by atoms with Gasteiger partial charge in [0.05, 0.1) is 13.2 Å². The van der Waals surface area contributed by atoms with Crippen LogP contribution in [0.1, 0.15) is 0 Å². The summed E-state index contributed by atoms with van der Waals surface area (Å²) < 4.78 is 10.6. The number of hydrogen-bond donors (Lipinski definition) is 0. The minimum absolute atomic E-state index is 0.301. The standard InChI is InChI=1S/C11H15N2O3/c14-11-10(2-1-3-12-11)16-9-6-13-4-7-15-8-5-13/h1-3H,4-9H2. The van der Waals surface area contributed by atoms with Crippen LogP contribution < -0.4 is 4.74 Å². The van der Waals surface area contributed by atoms with E-state index >= 15 is 0 Å². The molecule has 2 rings (SSSR count). The Balaban J connectivity index is 1.73. The van der Waals surface area contributed by atoms with E-state index in [1.807, 2.05) is 0 Å². The Labute approximate surface area is 94.6 Å². The van der Waals surface area contributed by atoms with Crippen molar-refractivity contribution in [2.45, 2.75) is 0 Å².